The maximum absolute atomic E-state index is 12.6. The molecule has 1 aromatic carbocycles. The number of aromatic nitrogens is 2. The van der Waals surface area contributed by atoms with Crippen molar-refractivity contribution in [2.45, 2.75) is 46.1 Å². The number of anilines is 1. The number of fused-ring (bicyclic) bond motifs is 1. The van der Waals surface area contributed by atoms with Crippen LogP contribution < -0.4 is 10.9 Å². The first kappa shape index (κ1) is 21.2. The molecule has 0 saturated heterocycles. The van der Waals surface area contributed by atoms with Gasteiger partial charge in [0.15, 0.2) is 0 Å². The Labute approximate surface area is 175 Å². The average molecular weight is 413 g/mol. The third-order valence-corrected chi connectivity index (χ3v) is 5.58. The van der Waals surface area contributed by atoms with Gasteiger partial charge in [0.25, 0.3) is 5.56 Å². The second kappa shape index (κ2) is 8.88. The number of nitrogens with one attached hydrogen (secondary N) is 2. The highest BCUT2D eigenvalue weighted by Gasteiger charge is 2.15. The first-order valence-electron chi connectivity index (χ1n) is 9.85. The van der Waals surface area contributed by atoms with Crippen LogP contribution >= 0.6 is 11.3 Å². The molecular formula is C22H28N4O2S. The third kappa shape index (κ3) is 5.52. The fraction of sp³-hybridized carbons (Fsp3) is 0.409. The molecule has 0 bridgehead atoms. The monoisotopic (exact) mass is 412 g/mol. The smallest absolute Gasteiger partial charge is 0.268 e. The molecule has 6 nitrogen and oxygen atoms in total. The zero-order chi connectivity index (χ0) is 21.0. The topological polar surface area (TPSA) is 78.1 Å². The summed E-state index contributed by atoms with van der Waals surface area (Å²) >= 11 is 1.38. The molecular weight excluding hydrogens is 384 g/mol. The lowest BCUT2D eigenvalue weighted by molar-refractivity contribution is -0.117. The van der Waals surface area contributed by atoms with Crippen molar-refractivity contribution in [2.24, 2.45) is 0 Å². The van der Waals surface area contributed by atoms with Gasteiger partial charge in [0, 0.05) is 5.69 Å². The Balaban J connectivity index is 1.66. The molecule has 154 valence electrons. The molecule has 3 rings (SSSR count). The van der Waals surface area contributed by atoms with E-state index < -0.39 is 0 Å². The van der Waals surface area contributed by atoms with Crippen LogP contribution in [0.1, 0.15) is 45.5 Å². The zero-order valence-electron chi connectivity index (χ0n) is 17.4. The fourth-order valence-electron chi connectivity index (χ4n) is 3.20. The van der Waals surface area contributed by atoms with Gasteiger partial charge in [-0.2, -0.15) is 0 Å². The van der Waals surface area contributed by atoms with Gasteiger partial charge in [0.05, 0.1) is 18.6 Å². The molecule has 0 fully saturated rings. The summed E-state index contributed by atoms with van der Waals surface area (Å²) in [5.41, 5.74) is 2.66. The number of H-pyrrole nitrogens is 1. The number of hydrogen-bond acceptors (Lipinski definition) is 5. The molecule has 0 atom stereocenters. The lowest BCUT2D eigenvalue weighted by Crippen LogP contribution is -2.34. The van der Waals surface area contributed by atoms with Gasteiger partial charge in [-0.25, -0.2) is 4.98 Å². The Hall–Kier alpha value is -2.51. The van der Waals surface area contributed by atoms with Crippen LogP contribution in [0.4, 0.5) is 5.69 Å². The molecule has 1 amide bonds. The number of nitrogens with zero attached hydrogens (tertiary/aromatic N) is 2. The van der Waals surface area contributed by atoms with E-state index in [-0.39, 0.29) is 23.4 Å². The summed E-state index contributed by atoms with van der Waals surface area (Å²) in [7, 11) is 0. The number of carbonyl (C=O) groups excluding carboxylic acids is 1. The maximum atomic E-state index is 12.6. The predicted molar refractivity (Wildman–Crippen MR) is 120 cm³/mol. The minimum Gasteiger partial charge on any atom is -0.325 e. The number of amides is 1. The van der Waals surface area contributed by atoms with Gasteiger partial charge in [-0.1, -0.05) is 39.8 Å². The fourth-order valence-corrected chi connectivity index (χ4v) is 3.92. The van der Waals surface area contributed by atoms with Crippen molar-refractivity contribution in [3.05, 3.63) is 57.5 Å². The second-order valence-corrected chi connectivity index (χ2v) is 9.15. The van der Waals surface area contributed by atoms with Crippen LogP contribution in [-0.4, -0.2) is 33.9 Å². The molecule has 0 aliphatic rings. The standard InChI is InChI=1S/C22H28N4O2S/c1-5-11-26(13-18-24-17-10-12-29-20(17)21(28)25-18)14-19(27)23-16-8-6-15(7-9-16)22(2,3)4/h6-10,12H,5,11,13-14H2,1-4H3,(H,23,27)(H,24,25,28). The largest absolute Gasteiger partial charge is 0.325 e. The van der Waals surface area contributed by atoms with E-state index in [1.54, 1.807) is 0 Å². The third-order valence-electron chi connectivity index (χ3n) is 4.68. The molecule has 29 heavy (non-hydrogen) atoms. The Morgan fingerprint density at radius 3 is 2.59 bits per heavy atom. The molecule has 0 aliphatic carbocycles. The molecule has 2 aromatic heterocycles. The van der Waals surface area contributed by atoms with E-state index in [1.165, 1.54) is 16.9 Å². The van der Waals surface area contributed by atoms with Crippen molar-refractivity contribution in [3.63, 3.8) is 0 Å². The molecule has 0 saturated carbocycles. The quantitative estimate of drug-likeness (QED) is 0.612. The van der Waals surface area contributed by atoms with Crippen LogP contribution in [0.25, 0.3) is 10.2 Å². The van der Waals surface area contributed by atoms with Crippen molar-refractivity contribution < 1.29 is 4.79 Å². The van der Waals surface area contributed by atoms with Crippen molar-refractivity contribution >= 4 is 33.1 Å². The van der Waals surface area contributed by atoms with Gasteiger partial charge in [0.1, 0.15) is 10.5 Å². The number of rotatable bonds is 7. The number of benzene rings is 1. The molecule has 7 heteroatoms. The van der Waals surface area contributed by atoms with Gasteiger partial charge in [-0.15, -0.1) is 11.3 Å². The molecule has 0 radical (unpaired) electrons. The molecule has 2 N–H and O–H groups in total. The number of hydrogen-bond donors (Lipinski definition) is 2. The first-order valence-corrected chi connectivity index (χ1v) is 10.7. The highest BCUT2D eigenvalue weighted by Crippen LogP contribution is 2.23. The number of thiophene rings is 1. The van der Waals surface area contributed by atoms with Crippen LogP contribution in [0.3, 0.4) is 0 Å². The number of carbonyl (C=O) groups is 1. The van der Waals surface area contributed by atoms with Crippen LogP contribution in [0.15, 0.2) is 40.5 Å². The van der Waals surface area contributed by atoms with Crippen LogP contribution in [0, 0.1) is 0 Å². The number of aromatic amines is 1. The van der Waals surface area contributed by atoms with Gasteiger partial charge in [-0.3, -0.25) is 14.5 Å². The van der Waals surface area contributed by atoms with Gasteiger partial charge in [0.2, 0.25) is 5.91 Å². The van der Waals surface area contributed by atoms with E-state index in [4.69, 9.17) is 0 Å². The summed E-state index contributed by atoms with van der Waals surface area (Å²) < 4.78 is 0.632. The summed E-state index contributed by atoms with van der Waals surface area (Å²) in [6.45, 7) is 9.95. The summed E-state index contributed by atoms with van der Waals surface area (Å²) in [6, 6.07) is 9.81. The minimum absolute atomic E-state index is 0.0773. The van der Waals surface area contributed by atoms with E-state index in [2.05, 4.69) is 43.0 Å². The molecule has 0 spiro atoms. The SMILES string of the molecule is CCCN(CC(=O)Nc1ccc(C(C)(C)C)cc1)Cc1nc2ccsc2c(=O)[nH]1. The average Bonchev–Trinajstić information content (AvgIpc) is 3.10. The van der Waals surface area contributed by atoms with Gasteiger partial charge in [-0.05, 0) is 47.5 Å². The molecule has 0 aliphatic heterocycles. The Bertz CT molecular complexity index is 1030. The molecule has 0 unspecified atom stereocenters. The van der Waals surface area contributed by atoms with Crippen LogP contribution in [-0.2, 0) is 16.8 Å². The van der Waals surface area contributed by atoms with E-state index in [9.17, 15) is 9.59 Å². The zero-order valence-corrected chi connectivity index (χ0v) is 18.2. The van der Waals surface area contributed by atoms with Crippen LogP contribution in [0.5, 0.6) is 0 Å². The van der Waals surface area contributed by atoms with Crippen molar-refractivity contribution in [2.75, 3.05) is 18.4 Å². The van der Waals surface area contributed by atoms with E-state index in [1.807, 2.05) is 40.6 Å². The van der Waals surface area contributed by atoms with Gasteiger partial charge >= 0.3 is 0 Å². The maximum Gasteiger partial charge on any atom is 0.268 e. The Morgan fingerprint density at radius 1 is 1.21 bits per heavy atom. The summed E-state index contributed by atoms with van der Waals surface area (Å²) in [5.74, 6) is 0.498. The van der Waals surface area contributed by atoms with E-state index >= 15 is 0 Å². The van der Waals surface area contributed by atoms with Crippen molar-refractivity contribution in [1.82, 2.24) is 14.9 Å². The minimum atomic E-state index is -0.125. The lowest BCUT2D eigenvalue weighted by Gasteiger charge is -2.21. The lowest BCUT2D eigenvalue weighted by atomic mass is 9.87. The predicted octanol–water partition coefficient (Wildman–Crippen LogP) is 4.13. The Kier molecular flexibility index (Phi) is 6.49. The van der Waals surface area contributed by atoms with E-state index in [0.29, 0.717) is 22.6 Å². The Morgan fingerprint density at radius 2 is 1.93 bits per heavy atom. The van der Waals surface area contributed by atoms with Crippen LogP contribution in [0.2, 0.25) is 0 Å². The molecule has 2 heterocycles. The summed E-state index contributed by atoms with van der Waals surface area (Å²) in [4.78, 5) is 34.1. The van der Waals surface area contributed by atoms with E-state index in [0.717, 1.165) is 18.7 Å². The van der Waals surface area contributed by atoms with Gasteiger partial charge < -0.3 is 10.3 Å². The summed E-state index contributed by atoms with van der Waals surface area (Å²) in [6.07, 6.45) is 0.901. The normalized spacial score (nSPS) is 11.9. The first-order chi connectivity index (χ1) is 13.8. The highest BCUT2D eigenvalue weighted by atomic mass is 32.1. The molecule has 3 aromatic rings. The van der Waals surface area contributed by atoms with Crippen molar-refractivity contribution in [1.29, 1.82) is 0 Å². The van der Waals surface area contributed by atoms with Crippen molar-refractivity contribution in [3.8, 4) is 0 Å². The summed E-state index contributed by atoms with van der Waals surface area (Å²) in [5, 5.41) is 4.82. The highest BCUT2D eigenvalue weighted by molar-refractivity contribution is 7.17. The second-order valence-electron chi connectivity index (χ2n) is 8.23.